The van der Waals surface area contributed by atoms with Crippen LogP contribution in [0.5, 0.6) is 0 Å². The van der Waals surface area contributed by atoms with Crippen LogP contribution in [0.15, 0.2) is 18.2 Å². The van der Waals surface area contributed by atoms with E-state index in [-0.39, 0.29) is 17.8 Å². The first-order valence-electron chi connectivity index (χ1n) is 4.42. The fourth-order valence-corrected chi connectivity index (χ4v) is 1.10. The molecular weight excluding hydrogens is 203 g/mol. The van der Waals surface area contributed by atoms with Gasteiger partial charge >= 0.3 is 0 Å². The highest BCUT2D eigenvalue weighted by molar-refractivity contribution is 5.40. The van der Waals surface area contributed by atoms with Crippen LogP contribution >= 0.6 is 0 Å². The molecule has 1 aromatic carbocycles. The Morgan fingerprint density at radius 3 is 2.93 bits per heavy atom. The molecule has 0 bridgehead atoms. The molecule has 1 N–H and O–H groups in total. The van der Waals surface area contributed by atoms with Gasteiger partial charge < -0.3 is 4.84 Å². The predicted molar refractivity (Wildman–Crippen MR) is 51.5 cm³/mol. The maximum absolute atomic E-state index is 12.8. The molecule has 5 nitrogen and oxygen atoms in total. The Kier molecular flexibility index (Phi) is 4.14. The van der Waals surface area contributed by atoms with Gasteiger partial charge in [0.15, 0.2) is 0 Å². The Balaban J connectivity index is 2.82. The molecule has 0 amide bonds. The number of rotatable bonds is 5. The van der Waals surface area contributed by atoms with Crippen molar-refractivity contribution in [3.8, 4) is 0 Å². The molecular formula is C9H11FN2O3. The highest BCUT2D eigenvalue weighted by Crippen LogP contribution is 2.19. The second kappa shape index (κ2) is 5.38. The third kappa shape index (κ3) is 3.26. The van der Waals surface area contributed by atoms with Crippen molar-refractivity contribution in [2.24, 2.45) is 0 Å². The van der Waals surface area contributed by atoms with Crippen LogP contribution in [-0.2, 0) is 11.4 Å². The Hall–Kier alpha value is -1.53. The van der Waals surface area contributed by atoms with E-state index in [1.54, 1.807) is 6.92 Å². The fourth-order valence-electron chi connectivity index (χ4n) is 1.10. The minimum atomic E-state index is -0.553. The molecule has 0 unspecified atom stereocenters. The molecule has 0 fully saturated rings. The van der Waals surface area contributed by atoms with Crippen molar-refractivity contribution in [3.05, 3.63) is 39.7 Å². The van der Waals surface area contributed by atoms with Crippen LogP contribution in [0.2, 0.25) is 0 Å². The highest BCUT2D eigenvalue weighted by atomic mass is 19.1. The van der Waals surface area contributed by atoms with E-state index in [1.807, 2.05) is 0 Å². The van der Waals surface area contributed by atoms with Gasteiger partial charge in [-0.1, -0.05) is 0 Å². The number of nitrogens with zero attached hydrogens (tertiary/aromatic N) is 1. The number of hydrogen-bond donors (Lipinski definition) is 1. The van der Waals surface area contributed by atoms with Gasteiger partial charge in [0, 0.05) is 11.6 Å². The molecule has 6 heteroatoms. The van der Waals surface area contributed by atoms with Crippen LogP contribution in [0, 0.1) is 15.9 Å². The summed E-state index contributed by atoms with van der Waals surface area (Å²) in [6.07, 6.45) is 0. The van der Waals surface area contributed by atoms with Gasteiger partial charge in [0.25, 0.3) is 5.69 Å². The zero-order chi connectivity index (χ0) is 11.3. The first-order chi connectivity index (χ1) is 7.15. The molecule has 0 saturated heterocycles. The van der Waals surface area contributed by atoms with Crippen molar-refractivity contribution in [3.63, 3.8) is 0 Å². The van der Waals surface area contributed by atoms with Crippen LogP contribution in [0.25, 0.3) is 0 Å². The summed E-state index contributed by atoms with van der Waals surface area (Å²) in [6.45, 7) is 2.30. The number of nitro groups is 1. The smallest absolute Gasteiger partial charge is 0.274 e. The number of hydrogen-bond acceptors (Lipinski definition) is 4. The van der Waals surface area contributed by atoms with Crippen molar-refractivity contribution in [2.45, 2.75) is 13.5 Å². The SMILES string of the molecule is CCONCc1cc(F)ccc1[N+](=O)[O-]. The topological polar surface area (TPSA) is 64.4 Å². The average molecular weight is 214 g/mol. The standard InChI is InChI=1S/C9H11FN2O3/c1-2-15-11-6-7-5-8(10)3-4-9(7)12(13)14/h3-5,11H,2,6H2,1H3. The van der Waals surface area contributed by atoms with Gasteiger partial charge in [-0.15, -0.1) is 0 Å². The number of halogens is 1. The van der Waals surface area contributed by atoms with Crippen LogP contribution in [-0.4, -0.2) is 11.5 Å². The highest BCUT2D eigenvalue weighted by Gasteiger charge is 2.13. The Bertz CT molecular complexity index is 357. The quantitative estimate of drug-likeness (QED) is 0.461. The normalized spacial score (nSPS) is 10.3. The summed E-state index contributed by atoms with van der Waals surface area (Å²) in [5, 5.41) is 10.6. The van der Waals surface area contributed by atoms with E-state index < -0.39 is 10.7 Å². The van der Waals surface area contributed by atoms with Gasteiger partial charge in [-0.25, -0.2) is 4.39 Å². The van der Waals surface area contributed by atoms with E-state index >= 15 is 0 Å². The number of hydroxylamine groups is 1. The molecule has 0 atom stereocenters. The number of nitro benzene ring substituents is 1. The summed E-state index contributed by atoms with van der Waals surface area (Å²) >= 11 is 0. The monoisotopic (exact) mass is 214 g/mol. The van der Waals surface area contributed by atoms with E-state index in [2.05, 4.69) is 5.48 Å². The molecule has 1 aromatic rings. The fraction of sp³-hybridized carbons (Fsp3) is 0.333. The first-order valence-corrected chi connectivity index (χ1v) is 4.42. The summed E-state index contributed by atoms with van der Waals surface area (Å²) in [5.74, 6) is -0.506. The molecule has 0 saturated carbocycles. The van der Waals surface area contributed by atoms with E-state index in [1.165, 1.54) is 0 Å². The van der Waals surface area contributed by atoms with Gasteiger partial charge in [0.1, 0.15) is 5.82 Å². The number of benzene rings is 1. The molecule has 82 valence electrons. The van der Waals surface area contributed by atoms with Crippen molar-refractivity contribution >= 4 is 5.69 Å². The maximum Gasteiger partial charge on any atom is 0.274 e. The molecule has 0 aliphatic rings. The lowest BCUT2D eigenvalue weighted by molar-refractivity contribution is -0.385. The Labute approximate surface area is 86.0 Å². The van der Waals surface area contributed by atoms with Gasteiger partial charge in [-0.3, -0.25) is 10.1 Å². The van der Waals surface area contributed by atoms with Crippen molar-refractivity contribution in [1.29, 1.82) is 0 Å². The Morgan fingerprint density at radius 2 is 2.33 bits per heavy atom. The third-order valence-corrected chi connectivity index (χ3v) is 1.75. The lowest BCUT2D eigenvalue weighted by Crippen LogP contribution is -2.14. The molecule has 0 aliphatic carbocycles. The van der Waals surface area contributed by atoms with Crippen LogP contribution < -0.4 is 5.48 Å². The summed E-state index contributed by atoms with van der Waals surface area (Å²) in [4.78, 5) is 14.8. The lowest BCUT2D eigenvalue weighted by Gasteiger charge is -2.04. The van der Waals surface area contributed by atoms with Crippen LogP contribution in [0.4, 0.5) is 10.1 Å². The minimum Gasteiger partial charge on any atom is -0.302 e. The van der Waals surface area contributed by atoms with Crippen molar-refractivity contribution in [2.75, 3.05) is 6.61 Å². The second-order valence-corrected chi connectivity index (χ2v) is 2.78. The summed E-state index contributed by atoms with van der Waals surface area (Å²) in [6, 6.07) is 3.31. The molecule has 15 heavy (non-hydrogen) atoms. The molecule has 0 aliphatic heterocycles. The van der Waals surface area contributed by atoms with Crippen molar-refractivity contribution in [1.82, 2.24) is 5.48 Å². The molecule has 0 radical (unpaired) electrons. The van der Waals surface area contributed by atoms with E-state index in [4.69, 9.17) is 4.84 Å². The summed E-state index contributed by atoms with van der Waals surface area (Å²) in [7, 11) is 0. The van der Waals surface area contributed by atoms with Crippen LogP contribution in [0.3, 0.4) is 0 Å². The van der Waals surface area contributed by atoms with E-state index in [0.717, 1.165) is 18.2 Å². The van der Waals surface area contributed by atoms with Gasteiger partial charge in [0.05, 0.1) is 18.1 Å². The van der Waals surface area contributed by atoms with Gasteiger partial charge in [-0.05, 0) is 19.1 Å². The molecule has 0 aromatic heterocycles. The van der Waals surface area contributed by atoms with E-state index in [9.17, 15) is 14.5 Å². The largest absolute Gasteiger partial charge is 0.302 e. The predicted octanol–water partition coefficient (Wildman–Crippen LogP) is 1.78. The molecule has 0 spiro atoms. The first kappa shape index (κ1) is 11.5. The zero-order valence-corrected chi connectivity index (χ0v) is 8.20. The van der Waals surface area contributed by atoms with Gasteiger partial charge in [0.2, 0.25) is 0 Å². The van der Waals surface area contributed by atoms with Gasteiger partial charge in [-0.2, -0.15) is 5.48 Å². The van der Waals surface area contributed by atoms with Crippen LogP contribution in [0.1, 0.15) is 12.5 Å². The lowest BCUT2D eigenvalue weighted by atomic mass is 10.2. The number of nitrogens with one attached hydrogen (secondary N) is 1. The maximum atomic E-state index is 12.8. The Morgan fingerprint density at radius 1 is 1.60 bits per heavy atom. The summed E-state index contributed by atoms with van der Waals surface area (Å²) in [5.41, 5.74) is 2.64. The van der Waals surface area contributed by atoms with E-state index in [0.29, 0.717) is 6.61 Å². The second-order valence-electron chi connectivity index (χ2n) is 2.78. The zero-order valence-electron chi connectivity index (χ0n) is 8.20. The molecule has 0 heterocycles. The molecule has 1 rings (SSSR count). The minimum absolute atomic E-state index is 0.0991. The summed E-state index contributed by atoms with van der Waals surface area (Å²) < 4.78 is 12.8. The average Bonchev–Trinajstić information content (AvgIpc) is 2.18. The van der Waals surface area contributed by atoms with Crippen molar-refractivity contribution < 1.29 is 14.2 Å². The third-order valence-electron chi connectivity index (χ3n) is 1.75.